The van der Waals surface area contributed by atoms with Crippen molar-refractivity contribution in [1.29, 1.82) is 0 Å². The van der Waals surface area contributed by atoms with Crippen LogP contribution >= 0.6 is 23.6 Å². The second-order valence-electron chi connectivity index (χ2n) is 6.48. The fraction of sp³-hybridized carbons (Fsp3) is 0.353. The molecule has 2 aromatic heterocycles. The van der Waals surface area contributed by atoms with Crippen molar-refractivity contribution in [3.63, 3.8) is 0 Å². The van der Waals surface area contributed by atoms with Gasteiger partial charge in [0.2, 0.25) is 10.9 Å². The number of amides is 1. The molecular weight excluding hydrogens is 368 g/mol. The Morgan fingerprint density at radius 3 is 2.73 bits per heavy atom. The molecule has 0 aliphatic carbocycles. The molecule has 0 saturated heterocycles. The van der Waals surface area contributed by atoms with Crippen molar-refractivity contribution in [1.82, 2.24) is 25.1 Å². The quantitative estimate of drug-likeness (QED) is 0.667. The van der Waals surface area contributed by atoms with Crippen molar-refractivity contribution >= 4 is 45.2 Å². The molecule has 0 fully saturated rings. The maximum absolute atomic E-state index is 11.8. The van der Waals surface area contributed by atoms with Crippen molar-refractivity contribution in [2.45, 2.75) is 34.1 Å². The van der Waals surface area contributed by atoms with E-state index in [9.17, 15) is 4.79 Å². The first kappa shape index (κ1) is 18.4. The zero-order valence-corrected chi connectivity index (χ0v) is 16.7. The number of aromatic nitrogens is 4. The molecule has 3 aromatic rings. The minimum atomic E-state index is -0.0816. The number of aryl methyl sites for hydroxylation is 2. The highest BCUT2D eigenvalue weighted by atomic mass is 32.1. The average molecular weight is 389 g/mol. The van der Waals surface area contributed by atoms with Crippen molar-refractivity contribution in [2.75, 3.05) is 5.32 Å². The summed E-state index contributed by atoms with van der Waals surface area (Å²) in [6.07, 6.45) is 0.444. The van der Waals surface area contributed by atoms with Crippen LogP contribution in [0.4, 0.5) is 5.69 Å². The van der Waals surface area contributed by atoms with Gasteiger partial charge in [-0.2, -0.15) is 9.61 Å². The number of nitrogens with zero attached hydrogens (tertiary/aromatic N) is 4. The molecule has 0 aliphatic rings. The van der Waals surface area contributed by atoms with E-state index in [-0.39, 0.29) is 11.8 Å². The topological polar surface area (TPSA) is 84.2 Å². The van der Waals surface area contributed by atoms with Crippen LogP contribution < -0.4 is 10.6 Å². The Morgan fingerprint density at radius 2 is 2.08 bits per heavy atom. The van der Waals surface area contributed by atoms with Crippen molar-refractivity contribution in [2.24, 2.45) is 5.92 Å². The maximum Gasteiger partial charge on any atom is 0.234 e. The number of anilines is 1. The van der Waals surface area contributed by atoms with E-state index in [1.165, 1.54) is 11.3 Å². The van der Waals surface area contributed by atoms with Crippen LogP contribution in [0.3, 0.4) is 0 Å². The zero-order chi connectivity index (χ0) is 18.8. The molecule has 3 rings (SSSR count). The maximum atomic E-state index is 11.8. The minimum Gasteiger partial charge on any atom is -0.332 e. The molecule has 0 unspecified atom stereocenters. The lowest BCUT2D eigenvalue weighted by Crippen LogP contribution is -2.34. The summed E-state index contributed by atoms with van der Waals surface area (Å²) in [5.74, 6) is 0.971. The zero-order valence-electron chi connectivity index (χ0n) is 15.0. The van der Waals surface area contributed by atoms with Crippen LogP contribution in [0.2, 0.25) is 0 Å². The summed E-state index contributed by atoms with van der Waals surface area (Å²) >= 11 is 6.71. The number of rotatable bonds is 4. The summed E-state index contributed by atoms with van der Waals surface area (Å²) < 4.78 is 1.74. The van der Waals surface area contributed by atoms with Gasteiger partial charge in [0.05, 0.1) is 0 Å². The molecule has 0 atom stereocenters. The third-order valence-electron chi connectivity index (χ3n) is 3.71. The van der Waals surface area contributed by atoms with Crippen molar-refractivity contribution in [3.8, 4) is 10.6 Å². The summed E-state index contributed by atoms with van der Waals surface area (Å²) in [6.45, 7) is 7.84. The molecule has 7 nitrogen and oxygen atoms in total. The van der Waals surface area contributed by atoms with Gasteiger partial charge >= 0.3 is 0 Å². The predicted molar refractivity (Wildman–Crippen MR) is 107 cm³/mol. The fourth-order valence-electron chi connectivity index (χ4n) is 2.47. The molecule has 26 heavy (non-hydrogen) atoms. The van der Waals surface area contributed by atoms with E-state index in [2.05, 4.69) is 25.9 Å². The van der Waals surface area contributed by atoms with Gasteiger partial charge < -0.3 is 10.6 Å². The van der Waals surface area contributed by atoms with Crippen LogP contribution in [0.15, 0.2) is 18.2 Å². The molecule has 1 aromatic carbocycles. The summed E-state index contributed by atoms with van der Waals surface area (Å²) in [6, 6.07) is 5.93. The van der Waals surface area contributed by atoms with E-state index >= 15 is 0 Å². The Morgan fingerprint density at radius 1 is 1.31 bits per heavy atom. The van der Waals surface area contributed by atoms with Gasteiger partial charge in [-0.1, -0.05) is 25.2 Å². The number of carbonyl (C=O) groups excluding carboxylic acids is 1. The van der Waals surface area contributed by atoms with Gasteiger partial charge in [0.15, 0.2) is 10.9 Å². The molecule has 136 valence electrons. The Bertz CT molecular complexity index is 975. The lowest BCUT2D eigenvalue weighted by atomic mass is 10.1. The standard InChI is InChI=1S/C17H20N6OS2/c1-9(2)7-14(24)19-16(25)18-13-6-5-12(8-10(13)3)15-22-23-11(4)20-21-17(23)26-15/h5-6,8-9H,7H2,1-4H3,(H2,18,19,24,25). The van der Waals surface area contributed by atoms with Crippen molar-refractivity contribution in [3.05, 3.63) is 29.6 Å². The molecule has 2 N–H and O–H groups in total. The lowest BCUT2D eigenvalue weighted by Gasteiger charge is -2.13. The minimum absolute atomic E-state index is 0.0816. The Kier molecular flexibility index (Phi) is 5.28. The predicted octanol–water partition coefficient (Wildman–Crippen LogP) is 3.33. The number of hydrogen-bond acceptors (Lipinski definition) is 6. The first-order valence-corrected chi connectivity index (χ1v) is 9.46. The summed E-state index contributed by atoms with van der Waals surface area (Å²) in [7, 11) is 0. The van der Waals surface area contributed by atoms with Gasteiger partial charge in [-0.3, -0.25) is 4.79 Å². The fourth-order valence-corrected chi connectivity index (χ4v) is 3.58. The van der Waals surface area contributed by atoms with Crippen LogP contribution in [0.5, 0.6) is 0 Å². The highest BCUT2D eigenvalue weighted by Crippen LogP contribution is 2.28. The van der Waals surface area contributed by atoms with Crippen LogP contribution in [-0.2, 0) is 4.79 Å². The number of thiocarbonyl (C=S) groups is 1. The second kappa shape index (κ2) is 7.46. The second-order valence-corrected chi connectivity index (χ2v) is 7.84. The Hall–Kier alpha value is -2.39. The third-order valence-corrected chi connectivity index (χ3v) is 4.87. The Balaban J connectivity index is 1.73. The Labute approximate surface area is 160 Å². The smallest absolute Gasteiger partial charge is 0.234 e. The van der Waals surface area contributed by atoms with E-state index in [1.54, 1.807) is 4.52 Å². The average Bonchev–Trinajstić information content (AvgIpc) is 3.11. The lowest BCUT2D eigenvalue weighted by molar-refractivity contribution is -0.120. The number of nitrogens with one attached hydrogen (secondary N) is 2. The van der Waals surface area contributed by atoms with Gasteiger partial charge in [0.1, 0.15) is 5.01 Å². The molecule has 0 bridgehead atoms. The summed E-state index contributed by atoms with van der Waals surface area (Å²) in [5.41, 5.74) is 2.85. The molecular formula is C17H20N6OS2. The van der Waals surface area contributed by atoms with E-state index < -0.39 is 0 Å². The van der Waals surface area contributed by atoms with Crippen molar-refractivity contribution < 1.29 is 4.79 Å². The third kappa shape index (κ3) is 4.05. The van der Waals surface area contributed by atoms with Crippen LogP contribution in [0, 0.1) is 19.8 Å². The molecule has 1 amide bonds. The van der Waals surface area contributed by atoms with Gasteiger partial charge in [-0.15, -0.1) is 10.2 Å². The summed E-state index contributed by atoms with van der Waals surface area (Å²) in [5, 5.41) is 19.6. The monoisotopic (exact) mass is 388 g/mol. The largest absolute Gasteiger partial charge is 0.332 e. The number of carbonyl (C=O) groups is 1. The normalized spacial score (nSPS) is 11.1. The number of hydrogen-bond donors (Lipinski definition) is 2. The summed E-state index contributed by atoms with van der Waals surface area (Å²) in [4.78, 5) is 12.6. The molecule has 9 heteroatoms. The highest BCUT2D eigenvalue weighted by molar-refractivity contribution is 7.80. The number of benzene rings is 1. The van der Waals surface area contributed by atoms with Crippen LogP contribution in [0.25, 0.3) is 15.5 Å². The molecule has 0 spiro atoms. The number of fused-ring (bicyclic) bond motifs is 1. The van der Waals surface area contributed by atoms with Crippen LogP contribution in [-0.4, -0.2) is 30.8 Å². The van der Waals surface area contributed by atoms with Gasteiger partial charge in [-0.25, -0.2) is 0 Å². The van der Waals surface area contributed by atoms with E-state index in [1.807, 2.05) is 45.9 Å². The molecule has 2 heterocycles. The van der Waals surface area contributed by atoms with Gasteiger partial charge in [-0.05, 0) is 55.7 Å². The van der Waals surface area contributed by atoms with Gasteiger partial charge in [0.25, 0.3) is 0 Å². The van der Waals surface area contributed by atoms with Crippen LogP contribution in [0.1, 0.15) is 31.7 Å². The molecule has 0 aliphatic heterocycles. The molecule has 0 saturated carbocycles. The SMILES string of the molecule is Cc1cc(-c2nn3c(C)nnc3s2)ccc1NC(=S)NC(=O)CC(C)C. The van der Waals surface area contributed by atoms with E-state index in [0.717, 1.165) is 32.6 Å². The van der Waals surface area contributed by atoms with Gasteiger partial charge in [0, 0.05) is 17.7 Å². The highest BCUT2D eigenvalue weighted by Gasteiger charge is 2.12. The first-order chi connectivity index (χ1) is 12.3. The van der Waals surface area contributed by atoms with E-state index in [0.29, 0.717) is 11.5 Å². The molecule has 0 radical (unpaired) electrons. The first-order valence-electron chi connectivity index (χ1n) is 8.24. The van der Waals surface area contributed by atoms with E-state index in [4.69, 9.17) is 12.2 Å².